The minimum atomic E-state index is -0.153. The number of hydrogen-bond acceptors (Lipinski definition) is 7. The third-order valence-electron chi connectivity index (χ3n) is 5.76. The number of piperidine rings is 1. The molecule has 2 aromatic heterocycles. The molecular formula is C23H24N4O4. The van der Waals surface area contributed by atoms with Gasteiger partial charge in [-0.3, -0.25) is 14.7 Å². The van der Waals surface area contributed by atoms with Crippen molar-refractivity contribution in [3.63, 3.8) is 0 Å². The number of ether oxygens (including phenoxy) is 3. The van der Waals surface area contributed by atoms with Gasteiger partial charge in [0.25, 0.3) is 5.56 Å². The molecule has 5 rings (SSSR count). The first-order valence-electron chi connectivity index (χ1n) is 10.4. The van der Waals surface area contributed by atoms with Crippen molar-refractivity contribution in [2.75, 3.05) is 27.0 Å². The lowest BCUT2D eigenvalue weighted by molar-refractivity contribution is 0.173. The summed E-state index contributed by atoms with van der Waals surface area (Å²) in [7, 11) is 1.67. The van der Waals surface area contributed by atoms with Crippen LogP contribution in [0.25, 0.3) is 11.5 Å². The molecule has 3 aromatic rings. The molecule has 1 unspecified atom stereocenters. The highest BCUT2D eigenvalue weighted by molar-refractivity contribution is 5.52. The summed E-state index contributed by atoms with van der Waals surface area (Å²) >= 11 is 0. The molecule has 2 aliphatic rings. The minimum Gasteiger partial charge on any atom is -0.496 e. The van der Waals surface area contributed by atoms with Crippen LogP contribution in [-0.2, 0) is 6.54 Å². The normalized spacial score (nSPS) is 18.2. The van der Waals surface area contributed by atoms with Crippen molar-refractivity contribution in [2.24, 2.45) is 0 Å². The van der Waals surface area contributed by atoms with E-state index >= 15 is 0 Å². The van der Waals surface area contributed by atoms with Crippen LogP contribution in [0.4, 0.5) is 0 Å². The molecule has 0 aliphatic carbocycles. The molecule has 0 amide bonds. The van der Waals surface area contributed by atoms with Gasteiger partial charge in [-0.25, -0.2) is 4.98 Å². The fourth-order valence-electron chi connectivity index (χ4n) is 4.27. The van der Waals surface area contributed by atoms with Gasteiger partial charge in [-0.05, 0) is 37.6 Å². The van der Waals surface area contributed by atoms with E-state index in [9.17, 15) is 4.79 Å². The van der Waals surface area contributed by atoms with Gasteiger partial charge in [0.15, 0.2) is 17.3 Å². The average Bonchev–Trinajstić information content (AvgIpc) is 3.26. The number of rotatable bonds is 5. The van der Waals surface area contributed by atoms with Gasteiger partial charge in [-0.1, -0.05) is 6.07 Å². The van der Waals surface area contributed by atoms with E-state index in [4.69, 9.17) is 19.2 Å². The zero-order chi connectivity index (χ0) is 21.2. The maximum atomic E-state index is 12.3. The Hall–Kier alpha value is -3.39. The molecule has 2 aliphatic heterocycles. The van der Waals surface area contributed by atoms with Crippen LogP contribution < -0.4 is 19.8 Å². The van der Waals surface area contributed by atoms with E-state index in [0.717, 1.165) is 55.2 Å². The number of benzene rings is 1. The molecule has 8 nitrogen and oxygen atoms in total. The van der Waals surface area contributed by atoms with Crippen molar-refractivity contribution in [3.05, 3.63) is 64.2 Å². The summed E-state index contributed by atoms with van der Waals surface area (Å²) in [6, 6.07) is 11.1. The summed E-state index contributed by atoms with van der Waals surface area (Å²) in [5.41, 5.74) is 2.38. The number of nitrogens with one attached hydrogen (secondary N) is 1. The number of aromatic amines is 1. The molecule has 8 heteroatoms. The van der Waals surface area contributed by atoms with Gasteiger partial charge >= 0.3 is 0 Å². The minimum absolute atomic E-state index is 0.153. The smallest absolute Gasteiger partial charge is 0.251 e. The number of hydrogen-bond donors (Lipinski definition) is 1. The fourth-order valence-corrected chi connectivity index (χ4v) is 4.27. The molecule has 31 heavy (non-hydrogen) atoms. The van der Waals surface area contributed by atoms with Gasteiger partial charge in [-0.15, -0.1) is 0 Å². The Bertz CT molecular complexity index is 1130. The molecule has 0 bridgehead atoms. The average molecular weight is 420 g/mol. The van der Waals surface area contributed by atoms with E-state index in [-0.39, 0.29) is 18.3 Å². The number of aromatic nitrogens is 3. The quantitative estimate of drug-likeness (QED) is 0.679. The second-order valence-electron chi connectivity index (χ2n) is 7.83. The van der Waals surface area contributed by atoms with E-state index in [1.54, 1.807) is 19.4 Å². The van der Waals surface area contributed by atoms with Crippen LogP contribution in [0.2, 0.25) is 0 Å². The molecule has 1 N–H and O–H groups in total. The number of methoxy groups -OCH3 is 1. The van der Waals surface area contributed by atoms with Gasteiger partial charge in [0.2, 0.25) is 6.79 Å². The van der Waals surface area contributed by atoms with Gasteiger partial charge in [0.05, 0.1) is 12.8 Å². The van der Waals surface area contributed by atoms with E-state index in [2.05, 4.69) is 14.9 Å². The molecule has 0 saturated carbocycles. The van der Waals surface area contributed by atoms with Gasteiger partial charge < -0.3 is 19.2 Å². The number of fused-ring (bicyclic) bond motifs is 1. The largest absolute Gasteiger partial charge is 0.496 e. The highest BCUT2D eigenvalue weighted by atomic mass is 16.7. The lowest BCUT2D eigenvalue weighted by atomic mass is 9.94. The Morgan fingerprint density at radius 1 is 1.23 bits per heavy atom. The van der Waals surface area contributed by atoms with Crippen LogP contribution in [0.5, 0.6) is 17.2 Å². The van der Waals surface area contributed by atoms with Gasteiger partial charge in [-0.2, -0.15) is 0 Å². The summed E-state index contributed by atoms with van der Waals surface area (Å²) in [5.74, 6) is 2.95. The SMILES string of the molecule is COc1cc2c(cc1CN1CCCC(c3cc(=O)[nH]c(-c4ccccn4)n3)C1)OCO2. The number of nitrogens with zero attached hydrogens (tertiary/aromatic N) is 3. The van der Waals surface area contributed by atoms with Crippen molar-refractivity contribution in [2.45, 2.75) is 25.3 Å². The molecule has 0 radical (unpaired) electrons. The molecule has 1 saturated heterocycles. The van der Waals surface area contributed by atoms with Crippen LogP contribution in [0.1, 0.15) is 30.0 Å². The Morgan fingerprint density at radius 3 is 2.90 bits per heavy atom. The first-order valence-corrected chi connectivity index (χ1v) is 10.4. The van der Waals surface area contributed by atoms with Crippen molar-refractivity contribution in [1.82, 2.24) is 19.9 Å². The second kappa shape index (κ2) is 8.39. The van der Waals surface area contributed by atoms with E-state index in [0.29, 0.717) is 17.3 Å². The number of pyridine rings is 1. The first kappa shape index (κ1) is 19.6. The summed E-state index contributed by atoms with van der Waals surface area (Å²) in [6.07, 6.45) is 3.72. The number of H-pyrrole nitrogens is 1. The predicted molar refractivity (Wildman–Crippen MR) is 114 cm³/mol. The van der Waals surface area contributed by atoms with Crippen molar-refractivity contribution in [1.29, 1.82) is 0 Å². The topological polar surface area (TPSA) is 89.6 Å². The standard InChI is InChI=1S/C23H24N4O4/c1-29-19-11-21-20(30-14-31-21)9-16(19)13-27-8-4-5-15(12-27)18-10-22(28)26-23(25-18)17-6-2-3-7-24-17/h2-3,6-7,9-11,15H,4-5,8,12-14H2,1H3,(H,25,26,28). The third kappa shape index (κ3) is 4.11. The van der Waals surface area contributed by atoms with Crippen molar-refractivity contribution in [3.8, 4) is 28.8 Å². The van der Waals surface area contributed by atoms with Crippen LogP contribution in [0.15, 0.2) is 47.4 Å². The molecular weight excluding hydrogens is 396 g/mol. The van der Waals surface area contributed by atoms with E-state index < -0.39 is 0 Å². The summed E-state index contributed by atoms with van der Waals surface area (Å²) in [6.45, 7) is 2.76. The fraction of sp³-hybridized carbons (Fsp3) is 0.348. The van der Waals surface area contributed by atoms with Crippen molar-refractivity contribution >= 4 is 0 Å². The van der Waals surface area contributed by atoms with E-state index in [1.165, 1.54) is 0 Å². The maximum Gasteiger partial charge on any atom is 0.251 e. The zero-order valence-electron chi connectivity index (χ0n) is 17.3. The number of likely N-dealkylation sites (tertiary alicyclic amines) is 1. The van der Waals surface area contributed by atoms with E-state index in [1.807, 2.05) is 30.3 Å². The monoisotopic (exact) mass is 420 g/mol. The lowest BCUT2D eigenvalue weighted by Crippen LogP contribution is -2.34. The molecule has 160 valence electrons. The summed E-state index contributed by atoms with van der Waals surface area (Å²) in [4.78, 5) is 26.6. The zero-order valence-corrected chi connectivity index (χ0v) is 17.3. The van der Waals surface area contributed by atoms with Crippen molar-refractivity contribution < 1.29 is 14.2 Å². The van der Waals surface area contributed by atoms with Gasteiger partial charge in [0, 0.05) is 42.9 Å². The Labute approximate surface area is 179 Å². The summed E-state index contributed by atoms with van der Waals surface area (Å²) in [5, 5.41) is 0. The van der Waals surface area contributed by atoms with Crippen LogP contribution in [0.3, 0.4) is 0 Å². The highest BCUT2D eigenvalue weighted by Crippen LogP contribution is 2.39. The Balaban J connectivity index is 1.37. The third-order valence-corrected chi connectivity index (χ3v) is 5.76. The summed E-state index contributed by atoms with van der Waals surface area (Å²) < 4.78 is 16.6. The predicted octanol–water partition coefficient (Wildman–Crippen LogP) is 2.95. The lowest BCUT2D eigenvalue weighted by Gasteiger charge is -2.32. The molecule has 1 aromatic carbocycles. The molecule has 1 fully saturated rings. The van der Waals surface area contributed by atoms with Crippen LogP contribution >= 0.6 is 0 Å². The molecule has 1 atom stereocenters. The Morgan fingerprint density at radius 2 is 2.10 bits per heavy atom. The molecule has 0 spiro atoms. The second-order valence-corrected chi connectivity index (χ2v) is 7.83. The maximum absolute atomic E-state index is 12.3. The van der Waals surface area contributed by atoms with Gasteiger partial charge in [0.1, 0.15) is 11.4 Å². The first-order chi connectivity index (χ1) is 15.2. The Kier molecular flexibility index (Phi) is 5.30. The highest BCUT2D eigenvalue weighted by Gasteiger charge is 2.25. The van der Waals surface area contributed by atoms with Crippen LogP contribution in [-0.4, -0.2) is 46.8 Å². The van der Waals surface area contributed by atoms with Crippen LogP contribution in [0, 0.1) is 0 Å². The molecule has 4 heterocycles.